The molecule has 2 N–H and O–H groups in total. The number of alkyl halides is 1. The fourth-order valence-electron chi connectivity index (χ4n) is 4.86. The van der Waals surface area contributed by atoms with Gasteiger partial charge in [-0.05, 0) is 25.8 Å². The van der Waals surface area contributed by atoms with Gasteiger partial charge in [0, 0.05) is 51.4 Å². The second-order valence-corrected chi connectivity index (χ2v) is 8.05. The summed E-state index contributed by atoms with van der Waals surface area (Å²) in [4.78, 5) is 7.14. The predicted molar refractivity (Wildman–Crippen MR) is 99.6 cm³/mol. The lowest BCUT2D eigenvalue weighted by Crippen LogP contribution is -2.65. The molecule has 3 atom stereocenters. The van der Waals surface area contributed by atoms with Crippen LogP contribution in [0.25, 0.3) is 0 Å². The van der Waals surface area contributed by atoms with Crippen LogP contribution < -0.4 is 5.73 Å². The van der Waals surface area contributed by atoms with Gasteiger partial charge in [0.1, 0.15) is 6.17 Å². The zero-order valence-electron chi connectivity index (χ0n) is 15.9. The van der Waals surface area contributed by atoms with Gasteiger partial charge in [0.25, 0.3) is 0 Å². The molecule has 3 heterocycles. The van der Waals surface area contributed by atoms with Crippen LogP contribution in [0.3, 0.4) is 0 Å². The third kappa shape index (κ3) is 5.13. The van der Waals surface area contributed by atoms with Gasteiger partial charge < -0.3 is 10.5 Å². The van der Waals surface area contributed by atoms with Crippen molar-refractivity contribution < 1.29 is 9.13 Å². The third-order valence-corrected chi connectivity index (χ3v) is 6.27. The second kappa shape index (κ2) is 9.60. The molecule has 0 saturated carbocycles. The van der Waals surface area contributed by atoms with Gasteiger partial charge in [-0.3, -0.25) is 14.7 Å². The van der Waals surface area contributed by atoms with Gasteiger partial charge >= 0.3 is 0 Å². The molecule has 6 heteroatoms. The molecule has 0 aliphatic carbocycles. The number of likely N-dealkylation sites (tertiary alicyclic amines) is 2. The molecule has 146 valence electrons. The summed E-state index contributed by atoms with van der Waals surface area (Å²) in [5.74, 6) is 0. The van der Waals surface area contributed by atoms with E-state index in [-0.39, 0.29) is 12.1 Å². The van der Waals surface area contributed by atoms with E-state index in [1.54, 1.807) is 0 Å². The van der Waals surface area contributed by atoms with Crippen LogP contribution >= 0.6 is 0 Å². The minimum atomic E-state index is -0.815. The van der Waals surface area contributed by atoms with Crippen molar-refractivity contribution in [2.24, 2.45) is 5.73 Å². The molecule has 3 aliphatic heterocycles. The van der Waals surface area contributed by atoms with Crippen LogP contribution in [-0.4, -0.2) is 98.0 Å². The average molecular weight is 357 g/mol. The standard InChI is InChI=1S/C19H37FN4O/c1-2-3-4-7-22-14-17(20)19(18(21)15-22)24-8-5-16(6-9-24)23-10-12-25-13-11-23/h16-19H,2-15,21H2,1H3. The van der Waals surface area contributed by atoms with E-state index in [1.807, 2.05) is 0 Å². The summed E-state index contributed by atoms with van der Waals surface area (Å²) in [6, 6.07) is 0.488. The highest BCUT2D eigenvalue weighted by molar-refractivity contribution is 4.97. The molecule has 0 aromatic carbocycles. The van der Waals surface area contributed by atoms with Crippen LogP contribution in [0.15, 0.2) is 0 Å². The largest absolute Gasteiger partial charge is 0.379 e. The molecule has 3 unspecified atom stereocenters. The molecule has 3 fully saturated rings. The van der Waals surface area contributed by atoms with Crippen molar-refractivity contribution >= 4 is 0 Å². The molecule has 25 heavy (non-hydrogen) atoms. The molecule has 0 amide bonds. The molecule has 0 aromatic heterocycles. The zero-order valence-corrected chi connectivity index (χ0v) is 15.9. The van der Waals surface area contributed by atoms with Crippen molar-refractivity contribution in [3.8, 4) is 0 Å². The number of unbranched alkanes of at least 4 members (excludes halogenated alkanes) is 2. The molecular formula is C19H37FN4O. The van der Waals surface area contributed by atoms with Crippen molar-refractivity contribution in [2.75, 3.05) is 59.0 Å². The monoisotopic (exact) mass is 356 g/mol. The highest BCUT2D eigenvalue weighted by Crippen LogP contribution is 2.25. The lowest BCUT2D eigenvalue weighted by Gasteiger charge is -2.48. The van der Waals surface area contributed by atoms with Crippen molar-refractivity contribution in [1.82, 2.24) is 14.7 Å². The second-order valence-electron chi connectivity index (χ2n) is 8.05. The summed E-state index contributed by atoms with van der Waals surface area (Å²) in [6.45, 7) is 10.4. The van der Waals surface area contributed by atoms with Gasteiger partial charge in [-0.1, -0.05) is 19.8 Å². The molecule has 3 saturated heterocycles. The van der Waals surface area contributed by atoms with Gasteiger partial charge in [-0.2, -0.15) is 0 Å². The normalized spacial score (nSPS) is 34.4. The SMILES string of the molecule is CCCCCN1CC(N)C(N2CCC(N3CCOCC3)CC2)C(F)C1. The number of nitrogens with two attached hydrogens (primary N) is 1. The summed E-state index contributed by atoms with van der Waals surface area (Å²) in [5, 5.41) is 0. The zero-order chi connectivity index (χ0) is 17.6. The number of hydrogen-bond acceptors (Lipinski definition) is 5. The first-order valence-corrected chi connectivity index (χ1v) is 10.4. The molecule has 0 aromatic rings. The van der Waals surface area contributed by atoms with Crippen LogP contribution in [0.1, 0.15) is 39.0 Å². The van der Waals surface area contributed by atoms with Crippen LogP contribution in [0, 0.1) is 0 Å². The highest BCUT2D eigenvalue weighted by Gasteiger charge is 2.40. The summed E-state index contributed by atoms with van der Waals surface area (Å²) in [7, 11) is 0. The van der Waals surface area contributed by atoms with Crippen molar-refractivity contribution in [2.45, 2.75) is 63.3 Å². The Hall–Kier alpha value is -0.270. The fraction of sp³-hybridized carbons (Fsp3) is 1.00. The Balaban J connectivity index is 1.46. The maximum atomic E-state index is 14.9. The van der Waals surface area contributed by atoms with E-state index in [0.717, 1.165) is 71.7 Å². The molecule has 0 spiro atoms. The van der Waals surface area contributed by atoms with E-state index in [2.05, 4.69) is 21.6 Å². The molecule has 3 aliphatic rings. The minimum Gasteiger partial charge on any atom is -0.379 e. The van der Waals surface area contributed by atoms with Gasteiger partial charge in [-0.15, -0.1) is 0 Å². The van der Waals surface area contributed by atoms with Crippen LogP contribution in [0.4, 0.5) is 4.39 Å². The summed E-state index contributed by atoms with van der Waals surface area (Å²) in [6.07, 6.45) is 5.05. The Bertz CT molecular complexity index is 374. The topological polar surface area (TPSA) is 45.0 Å². The maximum absolute atomic E-state index is 14.9. The van der Waals surface area contributed by atoms with E-state index in [4.69, 9.17) is 10.5 Å². The Morgan fingerprint density at radius 1 is 1.00 bits per heavy atom. The quantitative estimate of drug-likeness (QED) is 0.728. The Labute approximate surface area is 152 Å². The van der Waals surface area contributed by atoms with E-state index in [1.165, 1.54) is 12.8 Å². The number of rotatable bonds is 6. The first kappa shape index (κ1) is 19.5. The summed E-state index contributed by atoms with van der Waals surface area (Å²) < 4.78 is 20.4. The maximum Gasteiger partial charge on any atom is 0.130 e. The minimum absolute atomic E-state index is 0.0645. The van der Waals surface area contributed by atoms with E-state index in [0.29, 0.717) is 12.6 Å². The lowest BCUT2D eigenvalue weighted by molar-refractivity contribution is -0.0250. The predicted octanol–water partition coefficient (Wildman–Crippen LogP) is 1.32. The van der Waals surface area contributed by atoms with Crippen molar-refractivity contribution in [1.29, 1.82) is 0 Å². The van der Waals surface area contributed by atoms with Crippen LogP contribution in [0.2, 0.25) is 0 Å². The van der Waals surface area contributed by atoms with E-state index >= 15 is 0 Å². The number of piperidine rings is 2. The van der Waals surface area contributed by atoms with Gasteiger partial charge in [-0.25, -0.2) is 4.39 Å². The number of nitrogens with zero attached hydrogens (tertiary/aromatic N) is 3. The Morgan fingerprint density at radius 2 is 1.72 bits per heavy atom. The third-order valence-electron chi connectivity index (χ3n) is 6.27. The fourth-order valence-corrected chi connectivity index (χ4v) is 4.86. The van der Waals surface area contributed by atoms with E-state index < -0.39 is 6.17 Å². The number of hydrogen-bond donors (Lipinski definition) is 1. The number of halogens is 1. The van der Waals surface area contributed by atoms with Gasteiger partial charge in [0.15, 0.2) is 0 Å². The number of morpholine rings is 1. The number of ether oxygens (including phenoxy) is 1. The van der Waals surface area contributed by atoms with Crippen molar-refractivity contribution in [3.63, 3.8) is 0 Å². The first-order valence-electron chi connectivity index (χ1n) is 10.4. The first-order chi connectivity index (χ1) is 12.2. The van der Waals surface area contributed by atoms with Crippen LogP contribution in [-0.2, 0) is 4.74 Å². The molecular weight excluding hydrogens is 319 g/mol. The summed E-state index contributed by atoms with van der Waals surface area (Å²) >= 11 is 0. The molecule has 0 bridgehead atoms. The average Bonchev–Trinajstić information content (AvgIpc) is 2.63. The summed E-state index contributed by atoms with van der Waals surface area (Å²) in [5.41, 5.74) is 6.42. The van der Waals surface area contributed by atoms with Gasteiger partial charge in [0.05, 0.1) is 19.3 Å². The molecule has 5 nitrogen and oxygen atoms in total. The lowest BCUT2D eigenvalue weighted by atomic mass is 9.92. The van der Waals surface area contributed by atoms with Crippen LogP contribution in [0.5, 0.6) is 0 Å². The van der Waals surface area contributed by atoms with E-state index in [9.17, 15) is 4.39 Å². The Kier molecular flexibility index (Phi) is 7.49. The van der Waals surface area contributed by atoms with Crippen molar-refractivity contribution in [3.05, 3.63) is 0 Å². The smallest absolute Gasteiger partial charge is 0.130 e. The Morgan fingerprint density at radius 3 is 2.36 bits per heavy atom. The molecule has 0 radical (unpaired) electrons. The molecule has 3 rings (SSSR count). The van der Waals surface area contributed by atoms with Gasteiger partial charge in [0.2, 0.25) is 0 Å². The highest BCUT2D eigenvalue weighted by atomic mass is 19.1.